The van der Waals surface area contributed by atoms with Crippen LogP contribution in [0.15, 0.2) is 24.3 Å². The molecule has 7 nitrogen and oxygen atoms in total. The third-order valence-corrected chi connectivity index (χ3v) is 7.70. The van der Waals surface area contributed by atoms with Gasteiger partial charge in [0.05, 0.1) is 24.6 Å². The first kappa shape index (κ1) is 23.3. The lowest BCUT2D eigenvalue weighted by atomic mass is 9.95. The lowest BCUT2D eigenvalue weighted by Crippen LogP contribution is -2.37. The fourth-order valence-electron chi connectivity index (χ4n) is 3.69. The van der Waals surface area contributed by atoms with Crippen LogP contribution in [0.3, 0.4) is 0 Å². The van der Waals surface area contributed by atoms with Crippen molar-refractivity contribution in [2.24, 2.45) is 0 Å². The minimum absolute atomic E-state index is 0.311. The molecule has 0 saturated carbocycles. The summed E-state index contributed by atoms with van der Waals surface area (Å²) in [4.78, 5) is 26.3. The number of carbonyl (C=O) groups is 2. The number of hydrogen-bond donors (Lipinski definition) is 1. The molecule has 1 heterocycles. The number of esters is 1. The van der Waals surface area contributed by atoms with Gasteiger partial charge in [-0.1, -0.05) is 26.0 Å². The number of anilines is 2. The number of methoxy groups -OCH3 is 1. The van der Waals surface area contributed by atoms with Crippen LogP contribution in [-0.2, 0) is 32.4 Å². The zero-order chi connectivity index (χ0) is 22.8. The first-order valence-electron chi connectivity index (χ1n) is 10.2. The topological polar surface area (TPSA) is 92.8 Å². The minimum atomic E-state index is -3.69. The van der Waals surface area contributed by atoms with E-state index >= 15 is 0 Å². The molecule has 1 aromatic carbocycles. The summed E-state index contributed by atoms with van der Waals surface area (Å²) < 4.78 is 30.8. The van der Waals surface area contributed by atoms with Crippen LogP contribution in [0.25, 0.3) is 0 Å². The molecule has 1 amide bonds. The van der Waals surface area contributed by atoms with Gasteiger partial charge in [-0.05, 0) is 54.9 Å². The van der Waals surface area contributed by atoms with Crippen LogP contribution in [0.2, 0.25) is 0 Å². The number of ether oxygens (including phenoxy) is 1. The molecule has 0 spiro atoms. The maximum Gasteiger partial charge on any atom is 0.341 e. The van der Waals surface area contributed by atoms with Crippen LogP contribution in [0.5, 0.6) is 0 Å². The number of benzene rings is 1. The Bertz CT molecular complexity index is 1070. The van der Waals surface area contributed by atoms with Gasteiger partial charge < -0.3 is 10.1 Å². The molecule has 3 rings (SSSR count). The summed E-state index contributed by atoms with van der Waals surface area (Å²) in [6.45, 7) is 3.72. The number of carbonyl (C=O) groups excluding carboxylic acids is 2. The summed E-state index contributed by atoms with van der Waals surface area (Å²) >= 11 is 1.37. The Labute approximate surface area is 187 Å². The first-order valence-corrected chi connectivity index (χ1v) is 12.9. The van der Waals surface area contributed by atoms with Crippen molar-refractivity contribution in [1.29, 1.82) is 0 Å². The van der Waals surface area contributed by atoms with Gasteiger partial charge in [0.2, 0.25) is 15.9 Å². The average Bonchev–Trinajstić information content (AvgIpc) is 3.08. The van der Waals surface area contributed by atoms with E-state index in [0.717, 1.165) is 52.2 Å². The van der Waals surface area contributed by atoms with Gasteiger partial charge in [-0.3, -0.25) is 9.10 Å². The molecule has 0 atom stereocenters. The Morgan fingerprint density at radius 1 is 1.16 bits per heavy atom. The molecular formula is C22H28N2O5S2. The summed E-state index contributed by atoms with van der Waals surface area (Å²) in [6, 6.07) is 7.12. The molecule has 9 heteroatoms. The Morgan fingerprint density at radius 2 is 1.81 bits per heavy atom. The molecule has 1 aliphatic rings. The van der Waals surface area contributed by atoms with Crippen molar-refractivity contribution in [3.8, 4) is 0 Å². The van der Waals surface area contributed by atoms with E-state index in [1.165, 1.54) is 18.4 Å². The molecule has 0 unspecified atom stereocenters. The first-order chi connectivity index (χ1) is 14.6. The molecule has 0 bridgehead atoms. The van der Waals surface area contributed by atoms with E-state index in [0.29, 0.717) is 22.2 Å². The Hall–Kier alpha value is -2.39. The number of thiophene rings is 1. The number of fused-ring (bicyclic) bond motifs is 1. The van der Waals surface area contributed by atoms with Crippen molar-refractivity contribution >= 4 is 43.9 Å². The molecule has 1 aromatic heterocycles. The third kappa shape index (κ3) is 5.27. The highest BCUT2D eigenvalue weighted by atomic mass is 32.2. The predicted octanol–water partition coefficient (Wildman–Crippen LogP) is 3.94. The second-order valence-electron chi connectivity index (χ2n) is 7.97. The molecule has 0 saturated heterocycles. The van der Waals surface area contributed by atoms with E-state index in [4.69, 9.17) is 4.74 Å². The minimum Gasteiger partial charge on any atom is -0.465 e. The van der Waals surface area contributed by atoms with Crippen LogP contribution < -0.4 is 9.62 Å². The van der Waals surface area contributed by atoms with Gasteiger partial charge >= 0.3 is 5.97 Å². The summed E-state index contributed by atoms with van der Waals surface area (Å²) in [6.07, 6.45) is 4.72. The van der Waals surface area contributed by atoms with E-state index in [9.17, 15) is 18.0 Å². The molecule has 0 fully saturated rings. The average molecular weight is 465 g/mol. The number of amides is 1. The van der Waals surface area contributed by atoms with Gasteiger partial charge in [-0.25, -0.2) is 13.2 Å². The van der Waals surface area contributed by atoms with Crippen molar-refractivity contribution < 1.29 is 22.7 Å². The van der Waals surface area contributed by atoms with Gasteiger partial charge in [-0.15, -0.1) is 11.3 Å². The zero-order valence-corrected chi connectivity index (χ0v) is 19.9. The van der Waals surface area contributed by atoms with Crippen LogP contribution in [-0.4, -0.2) is 40.2 Å². The van der Waals surface area contributed by atoms with Gasteiger partial charge in [0.1, 0.15) is 11.5 Å². The number of rotatable bonds is 7. The van der Waals surface area contributed by atoms with Crippen LogP contribution >= 0.6 is 11.3 Å². The molecule has 0 radical (unpaired) electrons. The molecule has 168 valence electrons. The molecule has 0 aliphatic heterocycles. The van der Waals surface area contributed by atoms with Crippen molar-refractivity contribution in [1.82, 2.24) is 0 Å². The fourth-order valence-corrected chi connectivity index (χ4v) is 5.84. The van der Waals surface area contributed by atoms with E-state index in [-0.39, 0.29) is 6.54 Å². The van der Waals surface area contributed by atoms with E-state index in [2.05, 4.69) is 19.2 Å². The van der Waals surface area contributed by atoms with Crippen LogP contribution in [0, 0.1) is 0 Å². The van der Waals surface area contributed by atoms with E-state index < -0.39 is 21.9 Å². The monoisotopic (exact) mass is 464 g/mol. The Balaban J connectivity index is 1.85. The van der Waals surface area contributed by atoms with Crippen LogP contribution in [0.1, 0.15) is 59.0 Å². The van der Waals surface area contributed by atoms with Gasteiger partial charge in [-0.2, -0.15) is 0 Å². The van der Waals surface area contributed by atoms with Crippen molar-refractivity contribution in [2.45, 2.75) is 45.4 Å². The molecule has 1 aliphatic carbocycles. The smallest absolute Gasteiger partial charge is 0.341 e. The maximum absolute atomic E-state index is 12.8. The zero-order valence-electron chi connectivity index (χ0n) is 18.2. The van der Waals surface area contributed by atoms with Gasteiger partial charge in [0, 0.05) is 4.88 Å². The molecular weight excluding hydrogens is 436 g/mol. The molecule has 1 N–H and O–H groups in total. The largest absolute Gasteiger partial charge is 0.465 e. The SMILES string of the molecule is COC(=O)c1c(NC(=O)CN(c2ccc(C(C)C)cc2)S(C)(=O)=O)sc2c1CCCC2. The van der Waals surface area contributed by atoms with Crippen molar-refractivity contribution in [3.05, 3.63) is 45.8 Å². The second-order valence-corrected chi connectivity index (χ2v) is 11.0. The van der Waals surface area contributed by atoms with Gasteiger partial charge in [0.25, 0.3) is 0 Å². The quantitative estimate of drug-likeness (QED) is 0.627. The van der Waals surface area contributed by atoms with E-state index in [1.807, 2.05) is 12.1 Å². The fraction of sp³-hybridized carbons (Fsp3) is 0.455. The number of sulfonamides is 1. The Morgan fingerprint density at radius 3 is 2.39 bits per heavy atom. The summed E-state index contributed by atoms with van der Waals surface area (Å²) in [5, 5.41) is 3.18. The highest BCUT2D eigenvalue weighted by Crippen LogP contribution is 2.38. The Kier molecular flexibility index (Phi) is 7.06. The number of aryl methyl sites for hydroxylation is 1. The number of hydrogen-bond acceptors (Lipinski definition) is 6. The number of nitrogens with zero attached hydrogens (tertiary/aromatic N) is 1. The number of nitrogens with one attached hydrogen (secondary N) is 1. The highest BCUT2D eigenvalue weighted by molar-refractivity contribution is 7.92. The normalized spacial score (nSPS) is 13.6. The summed E-state index contributed by atoms with van der Waals surface area (Å²) in [7, 11) is -2.38. The molecule has 31 heavy (non-hydrogen) atoms. The summed E-state index contributed by atoms with van der Waals surface area (Å²) in [5.74, 6) is -0.688. The molecule has 2 aromatic rings. The maximum atomic E-state index is 12.8. The van der Waals surface area contributed by atoms with Crippen molar-refractivity contribution in [3.63, 3.8) is 0 Å². The standard InChI is InChI=1S/C22H28N2O5S2/c1-14(2)15-9-11-16(12-10-15)24(31(4,27)28)13-19(25)23-21-20(22(26)29-3)17-7-5-6-8-18(17)30-21/h9-12,14H,5-8,13H2,1-4H3,(H,23,25). The van der Waals surface area contributed by atoms with Gasteiger partial charge in [0.15, 0.2) is 0 Å². The van der Waals surface area contributed by atoms with Crippen molar-refractivity contribution in [2.75, 3.05) is 29.5 Å². The highest BCUT2D eigenvalue weighted by Gasteiger charge is 2.28. The summed E-state index contributed by atoms with van der Waals surface area (Å²) in [5.41, 5.74) is 2.82. The predicted molar refractivity (Wildman–Crippen MR) is 124 cm³/mol. The third-order valence-electron chi connectivity index (χ3n) is 5.35. The van der Waals surface area contributed by atoms with Crippen LogP contribution in [0.4, 0.5) is 10.7 Å². The van der Waals surface area contributed by atoms with E-state index in [1.54, 1.807) is 12.1 Å². The second kappa shape index (κ2) is 9.40. The lowest BCUT2D eigenvalue weighted by Gasteiger charge is -2.22. The lowest BCUT2D eigenvalue weighted by molar-refractivity contribution is -0.114.